The highest BCUT2D eigenvalue weighted by Gasteiger charge is 2.47. The van der Waals surface area contributed by atoms with Crippen molar-refractivity contribution in [1.82, 2.24) is 5.48 Å². The third-order valence-electron chi connectivity index (χ3n) is 5.41. The quantitative estimate of drug-likeness (QED) is 0.454. The number of nitrogens with zero attached hydrogens (tertiary/aromatic N) is 1. The minimum atomic E-state index is -3.81. The van der Waals surface area contributed by atoms with Crippen molar-refractivity contribution in [3.63, 3.8) is 0 Å². The molecule has 1 heterocycles. The summed E-state index contributed by atoms with van der Waals surface area (Å²) >= 11 is 0. The summed E-state index contributed by atoms with van der Waals surface area (Å²) in [7, 11) is -3.81. The lowest BCUT2D eigenvalue weighted by Gasteiger charge is -2.26. The first-order valence-corrected chi connectivity index (χ1v) is 11.2. The Morgan fingerprint density at radius 2 is 1.87 bits per heavy atom. The predicted octanol–water partition coefficient (Wildman–Crippen LogP) is 2.04. The summed E-state index contributed by atoms with van der Waals surface area (Å²) < 4.78 is 22.4. The first-order valence-electron chi connectivity index (χ1n) is 9.35. The molecule has 2 atom stereocenters. The Morgan fingerprint density at radius 3 is 2.47 bits per heavy atom. The van der Waals surface area contributed by atoms with Crippen LogP contribution in [0.3, 0.4) is 0 Å². The number of nitrogens with one attached hydrogen (secondary N) is 1. The normalized spacial score (nSPS) is 18.3. The van der Waals surface area contributed by atoms with Crippen molar-refractivity contribution in [2.24, 2.45) is 5.16 Å². The molecule has 1 aliphatic rings. The van der Waals surface area contributed by atoms with Crippen molar-refractivity contribution in [3.05, 3.63) is 59.7 Å². The van der Waals surface area contributed by atoms with Crippen LogP contribution in [0, 0.1) is 0 Å². The van der Waals surface area contributed by atoms with Gasteiger partial charge in [-0.2, -0.15) is 0 Å². The van der Waals surface area contributed by atoms with Gasteiger partial charge in [0.2, 0.25) is 0 Å². The van der Waals surface area contributed by atoms with E-state index in [-0.39, 0.29) is 13.0 Å². The van der Waals surface area contributed by atoms with Crippen molar-refractivity contribution < 1.29 is 28.4 Å². The molecule has 9 heteroatoms. The van der Waals surface area contributed by atoms with E-state index in [2.05, 4.69) is 5.16 Å². The van der Waals surface area contributed by atoms with E-state index in [1.54, 1.807) is 0 Å². The molecule has 3 rings (SSSR count). The smallest absolute Gasteiger partial charge is 0.264 e. The van der Waals surface area contributed by atoms with Crippen LogP contribution in [-0.4, -0.2) is 47.5 Å². The van der Waals surface area contributed by atoms with Crippen LogP contribution in [0.4, 0.5) is 0 Å². The number of hydroxylamine groups is 1. The lowest BCUT2D eigenvalue weighted by Crippen LogP contribution is -2.51. The van der Waals surface area contributed by atoms with E-state index in [1.807, 2.05) is 48.5 Å². The van der Waals surface area contributed by atoms with Gasteiger partial charge in [0.05, 0.1) is 12.3 Å². The highest BCUT2D eigenvalue weighted by atomic mass is 32.2. The Labute approximate surface area is 175 Å². The molecule has 1 aliphatic heterocycles. The van der Waals surface area contributed by atoms with Gasteiger partial charge in [0.25, 0.3) is 5.91 Å². The molecule has 8 nitrogen and oxygen atoms in total. The summed E-state index contributed by atoms with van der Waals surface area (Å²) in [6.07, 6.45) is 0.530. The molecule has 0 bridgehead atoms. The number of rotatable bonds is 7. The Bertz CT molecular complexity index is 1070. The number of sulfone groups is 1. The molecule has 0 aromatic heterocycles. The summed E-state index contributed by atoms with van der Waals surface area (Å²) in [6, 6.07) is 15.3. The van der Waals surface area contributed by atoms with E-state index in [0.29, 0.717) is 12.1 Å². The first-order chi connectivity index (χ1) is 14.2. The van der Waals surface area contributed by atoms with E-state index < -0.39 is 26.6 Å². The number of carbonyl (C=O) groups is 1. The molecule has 30 heavy (non-hydrogen) atoms. The van der Waals surface area contributed by atoms with Gasteiger partial charge in [-0.3, -0.25) is 10.0 Å². The van der Waals surface area contributed by atoms with Crippen LogP contribution in [0.15, 0.2) is 53.7 Å². The number of amides is 1. The van der Waals surface area contributed by atoms with Gasteiger partial charge in [-0.15, -0.1) is 0 Å². The summed E-state index contributed by atoms with van der Waals surface area (Å²) in [4.78, 5) is 17.4. The van der Waals surface area contributed by atoms with Crippen molar-refractivity contribution in [3.8, 4) is 11.1 Å². The highest BCUT2D eigenvalue weighted by molar-refractivity contribution is 7.92. The summed E-state index contributed by atoms with van der Waals surface area (Å²) in [5.41, 5.74) is 5.70. The molecule has 0 spiro atoms. The van der Waals surface area contributed by atoms with Crippen LogP contribution in [0.25, 0.3) is 11.1 Å². The number of hydrogen-bond donors (Lipinski definition) is 3. The Balaban J connectivity index is 1.73. The lowest BCUT2D eigenvalue weighted by molar-refractivity contribution is -0.132. The molecule has 0 unspecified atom stereocenters. The van der Waals surface area contributed by atoms with Gasteiger partial charge >= 0.3 is 0 Å². The third-order valence-corrected chi connectivity index (χ3v) is 7.40. The molecule has 1 amide bonds. The van der Waals surface area contributed by atoms with Crippen molar-refractivity contribution in [1.29, 1.82) is 0 Å². The molecule has 2 aromatic carbocycles. The number of oxime groups is 1. The Morgan fingerprint density at radius 1 is 1.20 bits per heavy atom. The van der Waals surface area contributed by atoms with Crippen LogP contribution < -0.4 is 5.48 Å². The lowest BCUT2D eigenvalue weighted by atomic mass is 9.95. The number of benzene rings is 2. The molecule has 0 saturated heterocycles. The summed E-state index contributed by atoms with van der Waals surface area (Å²) in [6.45, 7) is 1.23. The fourth-order valence-electron chi connectivity index (χ4n) is 3.38. The zero-order valence-electron chi connectivity index (χ0n) is 16.7. The largest absolute Gasteiger partial charge is 0.392 e. The first kappa shape index (κ1) is 21.9. The van der Waals surface area contributed by atoms with E-state index in [1.165, 1.54) is 12.4 Å². The SMILES string of the molecule is C[C@@](C[C@H]1CC(c2ccc(-c3cccc(CO)c3)cc2)=NO1)(C(=O)NO)S(C)(=O)=O. The number of aliphatic hydroxyl groups excluding tert-OH is 1. The molecule has 160 valence electrons. The van der Waals surface area contributed by atoms with Gasteiger partial charge in [0.1, 0.15) is 6.10 Å². The monoisotopic (exact) mass is 432 g/mol. The second kappa shape index (κ2) is 8.55. The molecule has 0 saturated carbocycles. The molecule has 3 N–H and O–H groups in total. The zero-order valence-corrected chi connectivity index (χ0v) is 17.5. The fourth-order valence-corrected chi connectivity index (χ4v) is 4.25. The third kappa shape index (κ3) is 4.38. The van der Waals surface area contributed by atoms with Gasteiger partial charge < -0.3 is 9.94 Å². The maximum absolute atomic E-state index is 12.1. The maximum Gasteiger partial charge on any atom is 0.264 e. The highest BCUT2D eigenvalue weighted by Crippen LogP contribution is 2.30. The van der Waals surface area contributed by atoms with Crippen LogP contribution in [-0.2, 0) is 26.1 Å². The average Bonchev–Trinajstić information content (AvgIpc) is 3.20. The van der Waals surface area contributed by atoms with E-state index in [4.69, 9.17) is 10.0 Å². The van der Waals surface area contributed by atoms with Crippen molar-refractivity contribution >= 4 is 21.5 Å². The topological polar surface area (TPSA) is 125 Å². The van der Waals surface area contributed by atoms with Crippen LogP contribution >= 0.6 is 0 Å². The average molecular weight is 432 g/mol. The maximum atomic E-state index is 12.1. The molecule has 0 fully saturated rings. The molecular weight excluding hydrogens is 408 g/mol. The zero-order chi connectivity index (χ0) is 21.9. The minimum absolute atomic E-state index is 0.0256. The van der Waals surface area contributed by atoms with Gasteiger partial charge in [0, 0.05) is 19.1 Å². The molecule has 0 aliphatic carbocycles. The second-order valence-electron chi connectivity index (χ2n) is 7.55. The predicted molar refractivity (Wildman–Crippen MR) is 112 cm³/mol. The Hall–Kier alpha value is -2.75. The standard InChI is InChI=1S/C21H24N2O6S/c1-21(20(25)22-26,30(2,27)28)12-18-11-19(23-29-18)16-8-6-15(7-9-16)17-5-3-4-14(10-17)13-24/h3-10,18,24,26H,11-13H2,1-2H3,(H,22,25)/t18-,21-/m1/s1. The van der Waals surface area contributed by atoms with Gasteiger partial charge in [-0.25, -0.2) is 13.9 Å². The number of aliphatic hydroxyl groups is 1. The van der Waals surface area contributed by atoms with Crippen molar-refractivity contribution in [2.75, 3.05) is 6.26 Å². The number of carbonyl (C=O) groups excluding carboxylic acids is 1. The Kier molecular flexibility index (Phi) is 6.25. The van der Waals surface area contributed by atoms with Gasteiger partial charge in [-0.1, -0.05) is 47.6 Å². The fraction of sp³-hybridized carbons (Fsp3) is 0.333. The van der Waals surface area contributed by atoms with E-state index in [0.717, 1.165) is 28.5 Å². The second-order valence-corrected chi connectivity index (χ2v) is 10.00. The van der Waals surface area contributed by atoms with Crippen molar-refractivity contribution in [2.45, 2.75) is 37.2 Å². The van der Waals surface area contributed by atoms with Crippen LogP contribution in [0.1, 0.15) is 30.9 Å². The minimum Gasteiger partial charge on any atom is -0.392 e. The van der Waals surface area contributed by atoms with E-state index >= 15 is 0 Å². The molecule has 0 radical (unpaired) electrons. The summed E-state index contributed by atoms with van der Waals surface area (Å²) in [5, 5.41) is 22.3. The number of hydrogen-bond acceptors (Lipinski definition) is 7. The summed E-state index contributed by atoms with van der Waals surface area (Å²) in [5.74, 6) is -1.00. The molecular formula is C21H24N2O6S. The van der Waals surface area contributed by atoms with Crippen LogP contribution in [0.2, 0.25) is 0 Å². The molecule has 2 aromatic rings. The van der Waals surface area contributed by atoms with E-state index in [9.17, 15) is 18.3 Å². The van der Waals surface area contributed by atoms with Gasteiger partial charge in [-0.05, 0) is 35.2 Å². The van der Waals surface area contributed by atoms with Gasteiger partial charge in [0.15, 0.2) is 14.6 Å². The van der Waals surface area contributed by atoms with Crippen LogP contribution in [0.5, 0.6) is 0 Å².